The summed E-state index contributed by atoms with van der Waals surface area (Å²) in [5.41, 5.74) is 0.340. The second kappa shape index (κ2) is 7.80. The molecule has 0 saturated heterocycles. The Bertz CT molecular complexity index is 786. The average molecular weight is 365 g/mol. The van der Waals surface area contributed by atoms with Crippen molar-refractivity contribution in [1.29, 1.82) is 0 Å². The summed E-state index contributed by atoms with van der Waals surface area (Å²) in [6.45, 7) is 5.87. The Morgan fingerprint density at radius 2 is 1.96 bits per heavy atom. The van der Waals surface area contributed by atoms with Gasteiger partial charge in [-0.25, -0.2) is 9.78 Å². The van der Waals surface area contributed by atoms with Crippen molar-refractivity contribution in [3.05, 3.63) is 41.0 Å². The van der Waals surface area contributed by atoms with E-state index in [9.17, 15) is 14.7 Å². The maximum atomic E-state index is 12.3. The van der Waals surface area contributed by atoms with Gasteiger partial charge in [-0.3, -0.25) is 4.79 Å². The molecule has 2 N–H and O–H groups in total. The van der Waals surface area contributed by atoms with Gasteiger partial charge in [0, 0.05) is 23.4 Å². The number of ether oxygens (including phenoxy) is 1. The molecule has 2 rings (SSSR count). The first-order valence-corrected chi connectivity index (χ1v) is 8.27. The van der Waals surface area contributed by atoms with E-state index in [1.54, 1.807) is 30.3 Å². The number of carboxylic acid groups (broad SMARTS) is 1. The zero-order valence-electron chi connectivity index (χ0n) is 14.4. The van der Waals surface area contributed by atoms with E-state index < -0.39 is 17.9 Å². The molecule has 1 aromatic heterocycles. The molecule has 0 aliphatic carbocycles. The molecule has 0 saturated carbocycles. The highest BCUT2D eigenvalue weighted by Crippen LogP contribution is 2.18. The zero-order chi connectivity index (χ0) is 18.6. The van der Waals surface area contributed by atoms with E-state index in [0.29, 0.717) is 10.5 Å². The monoisotopic (exact) mass is 364 g/mol. The van der Waals surface area contributed by atoms with Crippen LogP contribution in [0, 0.1) is 0 Å². The topological polar surface area (TPSA) is 88.5 Å². The quantitative estimate of drug-likeness (QED) is 0.821. The fourth-order valence-corrected chi connectivity index (χ4v) is 2.36. The van der Waals surface area contributed by atoms with Crippen LogP contribution in [0.2, 0.25) is 5.02 Å². The van der Waals surface area contributed by atoms with Crippen LogP contribution in [0.5, 0.6) is 0 Å². The number of carboxylic acids is 1. The maximum absolute atomic E-state index is 12.3. The lowest BCUT2D eigenvalue weighted by molar-refractivity contribution is -0.140. The molecule has 0 radical (unpaired) electrons. The summed E-state index contributed by atoms with van der Waals surface area (Å²) in [6.07, 6.45) is 0.164. The second-order valence-corrected chi connectivity index (χ2v) is 7.08. The maximum Gasteiger partial charge on any atom is 0.326 e. The first-order valence-electron chi connectivity index (χ1n) is 7.90. The minimum absolute atomic E-state index is 0.137. The van der Waals surface area contributed by atoms with Crippen molar-refractivity contribution in [1.82, 2.24) is 10.3 Å². The van der Waals surface area contributed by atoms with E-state index in [0.717, 1.165) is 5.39 Å². The van der Waals surface area contributed by atoms with Gasteiger partial charge in [0.25, 0.3) is 5.91 Å². The summed E-state index contributed by atoms with van der Waals surface area (Å²) in [5, 5.41) is 13.1. The Morgan fingerprint density at radius 1 is 1.28 bits per heavy atom. The molecule has 2 aromatic rings. The fraction of sp³-hybridized carbons (Fsp3) is 0.389. The first-order chi connectivity index (χ1) is 11.7. The van der Waals surface area contributed by atoms with E-state index in [-0.39, 0.29) is 24.3 Å². The number of nitrogens with one attached hydrogen (secondary N) is 1. The van der Waals surface area contributed by atoms with E-state index >= 15 is 0 Å². The van der Waals surface area contributed by atoms with Crippen molar-refractivity contribution in [2.24, 2.45) is 0 Å². The Kier molecular flexibility index (Phi) is 5.98. The number of hydrogen-bond donors (Lipinski definition) is 2. The number of aliphatic carboxylic acids is 1. The van der Waals surface area contributed by atoms with Gasteiger partial charge in [0.05, 0.1) is 11.1 Å². The van der Waals surface area contributed by atoms with Crippen molar-refractivity contribution in [3.63, 3.8) is 0 Å². The predicted molar refractivity (Wildman–Crippen MR) is 96.0 cm³/mol. The van der Waals surface area contributed by atoms with Gasteiger partial charge < -0.3 is 15.2 Å². The zero-order valence-corrected chi connectivity index (χ0v) is 15.1. The van der Waals surface area contributed by atoms with Gasteiger partial charge in [-0.1, -0.05) is 23.7 Å². The van der Waals surface area contributed by atoms with Crippen LogP contribution < -0.4 is 5.32 Å². The van der Waals surface area contributed by atoms with Crippen LogP contribution >= 0.6 is 11.6 Å². The van der Waals surface area contributed by atoms with E-state index in [4.69, 9.17) is 16.3 Å². The Balaban J connectivity index is 2.08. The van der Waals surface area contributed by atoms with Gasteiger partial charge in [-0.15, -0.1) is 0 Å². The lowest BCUT2D eigenvalue weighted by Gasteiger charge is -2.21. The van der Waals surface area contributed by atoms with Crippen LogP contribution in [0.4, 0.5) is 0 Å². The molecule has 6 nitrogen and oxygen atoms in total. The van der Waals surface area contributed by atoms with Crippen LogP contribution in [0.15, 0.2) is 30.3 Å². The number of pyridine rings is 1. The average Bonchev–Trinajstić information content (AvgIpc) is 2.51. The highest BCUT2D eigenvalue weighted by Gasteiger charge is 2.22. The lowest BCUT2D eigenvalue weighted by atomic mass is 10.1. The summed E-state index contributed by atoms with van der Waals surface area (Å²) < 4.78 is 5.52. The van der Waals surface area contributed by atoms with Crippen LogP contribution in [0.1, 0.15) is 37.7 Å². The molecule has 1 atom stereocenters. The van der Waals surface area contributed by atoms with E-state index in [1.807, 2.05) is 20.8 Å². The molecular weight excluding hydrogens is 344 g/mol. The molecule has 0 aliphatic rings. The normalized spacial score (nSPS) is 12.8. The lowest BCUT2D eigenvalue weighted by Crippen LogP contribution is -2.42. The van der Waals surface area contributed by atoms with Crippen molar-refractivity contribution in [2.45, 2.75) is 38.8 Å². The summed E-state index contributed by atoms with van der Waals surface area (Å²) in [6, 6.07) is 7.44. The summed E-state index contributed by atoms with van der Waals surface area (Å²) >= 11 is 5.94. The number of fused-ring (bicyclic) bond motifs is 1. The fourth-order valence-electron chi connectivity index (χ4n) is 2.19. The summed E-state index contributed by atoms with van der Waals surface area (Å²) in [4.78, 5) is 28.0. The van der Waals surface area contributed by atoms with Crippen molar-refractivity contribution in [3.8, 4) is 0 Å². The third-order valence-corrected chi connectivity index (χ3v) is 3.67. The number of nitrogens with zero attached hydrogens (tertiary/aromatic N) is 1. The highest BCUT2D eigenvalue weighted by atomic mass is 35.5. The van der Waals surface area contributed by atoms with Gasteiger partial charge in [0.2, 0.25) is 0 Å². The third-order valence-electron chi connectivity index (χ3n) is 3.43. The minimum Gasteiger partial charge on any atom is -0.480 e. The molecule has 1 amide bonds. The number of carbonyl (C=O) groups is 2. The minimum atomic E-state index is -1.12. The van der Waals surface area contributed by atoms with Crippen molar-refractivity contribution >= 4 is 34.4 Å². The molecule has 0 aliphatic heterocycles. The number of carbonyl (C=O) groups excluding carboxylic acids is 1. The Morgan fingerprint density at radius 3 is 2.60 bits per heavy atom. The molecule has 0 fully saturated rings. The largest absolute Gasteiger partial charge is 0.480 e. The van der Waals surface area contributed by atoms with Crippen LogP contribution in [0.3, 0.4) is 0 Å². The molecule has 134 valence electrons. The number of halogens is 1. The smallest absolute Gasteiger partial charge is 0.326 e. The summed E-state index contributed by atoms with van der Waals surface area (Å²) in [7, 11) is 0. The van der Waals surface area contributed by atoms with E-state index in [2.05, 4.69) is 10.3 Å². The highest BCUT2D eigenvalue weighted by molar-refractivity contribution is 6.31. The van der Waals surface area contributed by atoms with Crippen LogP contribution in [-0.2, 0) is 9.53 Å². The molecule has 1 aromatic carbocycles. The van der Waals surface area contributed by atoms with Gasteiger partial charge in [-0.05, 0) is 39.0 Å². The molecule has 1 heterocycles. The number of amides is 1. The van der Waals surface area contributed by atoms with Gasteiger partial charge in [0.1, 0.15) is 11.7 Å². The van der Waals surface area contributed by atoms with E-state index in [1.165, 1.54) is 0 Å². The van der Waals surface area contributed by atoms with Crippen LogP contribution in [-0.4, -0.2) is 40.2 Å². The van der Waals surface area contributed by atoms with Gasteiger partial charge >= 0.3 is 5.97 Å². The molecule has 7 heteroatoms. The van der Waals surface area contributed by atoms with Gasteiger partial charge in [0.15, 0.2) is 0 Å². The first kappa shape index (κ1) is 19.1. The Hall–Kier alpha value is -2.18. The standard InChI is InChI=1S/C18H21ClN2O4/c1-18(2,3)25-9-8-14(17(23)24)21-16(22)13-7-5-11-4-6-12(19)10-15(11)20-13/h4-7,10,14H,8-9H2,1-3H3,(H,21,22)(H,23,24). The van der Waals surface area contributed by atoms with Crippen molar-refractivity contribution in [2.75, 3.05) is 6.61 Å². The number of rotatable bonds is 6. The molecule has 0 bridgehead atoms. The molecule has 25 heavy (non-hydrogen) atoms. The van der Waals surface area contributed by atoms with Gasteiger partial charge in [-0.2, -0.15) is 0 Å². The number of aromatic nitrogens is 1. The SMILES string of the molecule is CC(C)(C)OCCC(NC(=O)c1ccc2ccc(Cl)cc2n1)C(=O)O. The third kappa shape index (κ3) is 5.69. The molecule has 1 unspecified atom stereocenters. The predicted octanol–water partition coefficient (Wildman–Crippen LogP) is 3.28. The number of hydrogen-bond acceptors (Lipinski definition) is 4. The van der Waals surface area contributed by atoms with Crippen molar-refractivity contribution < 1.29 is 19.4 Å². The second-order valence-electron chi connectivity index (χ2n) is 6.65. The summed E-state index contributed by atoms with van der Waals surface area (Å²) in [5.74, 6) is -1.67. The Labute approximate surface area is 151 Å². The number of benzene rings is 1. The molecule has 0 spiro atoms. The molecular formula is C18H21ClN2O4. The van der Waals surface area contributed by atoms with Crippen LogP contribution in [0.25, 0.3) is 10.9 Å².